The van der Waals surface area contributed by atoms with Gasteiger partial charge in [0, 0.05) is 6.42 Å². The van der Waals surface area contributed by atoms with Gasteiger partial charge in [-0.15, -0.1) is 0 Å². The number of ketones is 1. The second kappa shape index (κ2) is 7.57. The minimum atomic E-state index is -0.716. The average molecular weight is 481 g/mol. The molecular weight excluding hydrogens is 432 g/mol. The van der Waals surface area contributed by atoms with Gasteiger partial charge in [-0.3, -0.25) is 9.59 Å². The Hall–Kier alpha value is -1.38. The van der Waals surface area contributed by atoms with E-state index in [1.165, 1.54) is 38.4 Å². The van der Waals surface area contributed by atoms with Crippen molar-refractivity contribution in [3.05, 3.63) is 22.8 Å². The van der Waals surface area contributed by atoms with E-state index in [0.29, 0.717) is 23.7 Å². The summed E-state index contributed by atoms with van der Waals surface area (Å²) in [4.78, 5) is 26.8. The van der Waals surface area contributed by atoms with E-state index in [1.54, 1.807) is 5.57 Å². The molecule has 3 nitrogen and oxygen atoms in total. The number of fused-ring (bicyclic) bond motifs is 7. The normalized spacial score (nSPS) is 46.4. The first-order valence-corrected chi connectivity index (χ1v) is 14.2. The number of rotatable bonds is 2. The fourth-order valence-electron chi connectivity index (χ4n) is 10.8. The summed E-state index contributed by atoms with van der Waals surface area (Å²) in [5.74, 6) is 1.87. The highest BCUT2D eigenvalue weighted by atomic mass is 16.5. The lowest BCUT2D eigenvalue weighted by molar-refractivity contribution is -0.201. The molecule has 194 valence electrons. The molecular formula is C32H48O3. The van der Waals surface area contributed by atoms with Gasteiger partial charge in [-0.05, 0) is 108 Å². The average Bonchev–Trinajstić information content (AvgIpc) is 3.10. The van der Waals surface area contributed by atoms with E-state index in [-0.39, 0.29) is 33.9 Å². The van der Waals surface area contributed by atoms with E-state index in [1.807, 2.05) is 0 Å². The van der Waals surface area contributed by atoms with Crippen LogP contribution >= 0.6 is 0 Å². The molecule has 0 amide bonds. The van der Waals surface area contributed by atoms with Crippen LogP contribution in [0.3, 0.4) is 0 Å². The molecule has 0 aromatic heterocycles. The number of carbonyl (C=O) groups excluding carboxylic acids is 2. The van der Waals surface area contributed by atoms with E-state index >= 15 is 0 Å². The second-order valence-electron chi connectivity index (χ2n) is 14.6. The SMILES string of the molecule is COC(=O)[C@@]12CC[C@]3(C)[C@H](CCC4[C@@]5(C)CC=C(C)C(C)(C)C5CC[C@]43C)C1=C(C(C)C)C(=O)C2. The molecule has 3 saturated carbocycles. The highest BCUT2D eigenvalue weighted by Gasteiger charge is 2.70. The number of Topliss-reactive ketones (excluding diaryl/α,β-unsaturated/α-hetero) is 1. The maximum Gasteiger partial charge on any atom is 0.316 e. The van der Waals surface area contributed by atoms with Gasteiger partial charge in [0.25, 0.3) is 0 Å². The predicted octanol–water partition coefficient (Wildman–Crippen LogP) is 7.70. The zero-order valence-corrected chi connectivity index (χ0v) is 23.8. The lowest BCUT2D eigenvalue weighted by atomic mass is 9.33. The quantitative estimate of drug-likeness (QED) is 0.300. The molecule has 35 heavy (non-hydrogen) atoms. The summed E-state index contributed by atoms with van der Waals surface area (Å²) >= 11 is 0. The van der Waals surface area contributed by atoms with Crippen LogP contribution in [0.2, 0.25) is 0 Å². The van der Waals surface area contributed by atoms with Crippen molar-refractivity contribution >= 4 is 11.8 Å². The van der Waals surface area contributed by atoms with E-state index in [9.17, 15) is 9.59 Å². The van der Waals surface area contributed by atoms with Crippen molar-refractivity contribution < 1.29 is 14.3 Å². The summed E-state index contributed by atoms with van der Waals surface area (Å²) in [5.41, 5.74) is 3.88. The molecule has 7 atom stereocenters. The van der Waals surface area contributed by atoms with Crippen LogP contribution in [0.25, 0.3) is 0 Å². The minimum absolute atomic E-state index is 0.0991. The molecule has 5 aliphatic rings. The maximum absolute atomic E-state index is 13.4. The van der Waals surface area contributed by atoms with Gasteiger partial charge in [-0.1, -0.05) is 60.1 Å². The molecule has 5 rings (SSSR count). The van der Waals surface area contributed by atoms with Crippen molar-refractivity contribution in [3.63, 3.8) is 0 Å². The van der Waals surface area contributed by atoms with Gasteiger partial charge in [0.05, 0.1) is 12.5 Å². The Balaban J connectivity index is 1.64. The summed E-state index contributed by atoms with van der Waals surface area (Å²) in [5, 5.41) is 0. The molecule has 2 unspecified atom stereocenters. The van der Waals surface area contributed by atoms with Crippen LogP contribution < -0.4 is 0 Å². The predicted molar refractivity (Wildman–Crippen MR) is 141 cm³/mol. The van der Waals surface area contributed by atoms with Crippen LogP contribution in [0.5, 0.6) is 0 Å². The largest absolute Gasteiger partial charge is 0.468 e. The Morgan fingerprint density at radius 1 is 0.971 bits per heavy atom. The summed E-state index contributed by atoms with van der Waals surface area (Å²) in [6.07, 6.45) is 10.7. The third-order valence-electron chi connectivity index (χ3n) is 13.0. The van der Waals surface area contributed by atoms with Crippen molar-refractivity contribution in [2.24, 2.45) is 50.7 Å². The molecule has 0 aliphatic heterocycles. The summed E-state index contributed by atoms with van der Waals surface area (Å²) in [6.45, 7) is 19.3. The van der Waals surface area contributed by atoms with Crippen LogP contribution in [0.1, 0.15) is 107 Å². The topological polar surface area (TPSA) is 43.4 Å². The maximum atomic E-state index is 13.4. The summed E-state index contributed by atoms with van der Waals surface area (Å²) < 4.78 is 5.40. The number of allylic oxidation sites excluding steroid dienone is 3. The van der Waals surface area contributed by atoms with Crippen LogP contribution in [0, 0.1) is 50.7 Å². The lowest BCUT2D eigenvalue weighted by Crippen LogP contribution is -2.64. The van der Waals surface area contributed by atoms with Crippen molar-refractivity contribution in [2.45, 2.75) is 107 Å². The van der Waals surface area contributed by atoms with Crippen LogP contribution in [-0.4, -0.2) is 18.9 Å². The Kier molecular flexibility index (Phi) is 5.47. The number of hydrogen-bond acceptors (Lipinski definition) is 3. The van der Waals surface area contributed by atoms with E-state index < -0.39 is 5.41 Å². The zero-order valence-electron chi connectivity index (χ0n) is 23.8. The highest BCUT2D eigenvalue weighted by Crippen LogP contribution is 2.76. The van der Waals surface area contributed by atoms with Crippen molar-refractivity contribution in [2.75, 3.05) is 7.11 Å². The first-order valence-electron chi connectivity index (χ1n) is 14.2. The van der Waals surface area contributed by atoms with Gasteiger partial charge in [-0.25, -0.2) is 0 Å². The molecule has 0 aromatic carbocycles. The van der Waals surface area contributed by atoms with Crippen molar-refractivity contribution in [3.8, 4) is 0 Å². The Morgan fingerprint density at radius 3 is 2.29 bits per heavy atom. The number of hydrogen-bond donors (Lipinski definition) is 0. The molecule has 0 saturated heterocycles. The first kappa shape index (κ1) is 25.3. The van der Waals surface area contributed by atoms with Gasteiger partial charge in [0.2, 0.25) is 0 Å². The van der Waals surface area contributed by atoms with Crippen LogP contribution in [-0.2, 0) is 14.3 Å². The second-order valence-corrected chi connectivity index (χ2v) is 14.6. The molecule has 0 bridgehead atoms. The van der Waals surface area contributed by atoms with Crippen LogP contribution in [0.4, 0.5) is 0 Å². The third kappa shape index (κ3) is 2.90. The van der Waals surface area contributed by atoms with Crippen molar-refractivity contribution in [1.29, 1.82) is 0 Å². The lowest BCUT2D eigenvalue weighted by Gasteiger charge is -2.71. The molecule has 3 fully saturated rings. The number of methoxy groups -OCH3 is 1. The Bertz CT molecular complexity index is 1030. The minimum Gasteiger partial charge on any atom is -0.468 e. The zero-order chi connectivity index (χ0) is 25.8. The molecule has 0 spiro atoms. The van der Waals surface area contributed by atoms with Gasteiger partial charge < -0.3 is 4.74 Å². The summed E-state index contributed by atoms with van der Waals surface area (Å²) in [6, 6.07) is 0. The van der Waals surface area contributed by atoms with E-state index in [4.69, 9.17) is 4.74 Å². The van der Waals surface area contributed by atoms with Crippen LogP contribution in [0.15, 0.2) is 22.8 Å². The fraction of sp³-hybridized carbons (Fsp3) is 0.812. The summed E-state index contributed by atoms with van der Waals surface area (Å²) in [7, 11) is 1.50. The molecule has 0 heterocycles. The number of carbonyl (C=O) groups is 2. The standard InChI is InChI=1S/C32H48O3/c1-19(2)25-22(33)18-32(27(34)35-9)17-16-30(7)21(26(25)32)10-11-24-29(6)14-12-20(3)28(4,5)23(29)13-15-31(24,30)8/h12,19,21,23-24H,10-11,13-18H2,1-9H3/t21-,23?,24?,29+,30-,31-,32-/m1/s1. The first-order chi connectivity index (χ1) is 16.2. The van der Waals surface area contributed by atoms with E-state index in [0.717, 1.165) is 30.8 Å². The highest BCUT2D eigenvalue weighted by molar-refractivity contribution is 6.05. The number of ether oxygens (including phenoxy) is 1. The van der Waals surface area contributed by atoms with Gasteiger partial charge in [0.15, 0.2) is 5.78 Å². The molecule has 0 N–H and O–H groups in total. The van der Waals surface area contributed by atoms with Gasteiger partial charge in [-0.2, -0.15) is 0 Å². The third-order valence-corrected chi connectivity index (χ3v) is 13.0. The molecule has 0 radical (unpaired) electrons. The number of esters is 1. The van der Waals surface area contributed by atoms with Gasteiger partial charge in [0.1, 0.15) is 0 Å². The Morgan fingerprint density at radius 2 is 1.66 bits per heavy atom. The fourth-order valence-corrected chi connectivity index (χ4v) is 10.8. The van der Waals surface area contributed by atoms with Gasteiger partial charge >= 0.3 is 5.97 Å². The van der Waals surface area contributed by atoms with Crippen molar-refractivity contribution in [1.82, 2.24) is 0 Å². The monoisotopic (exact) mass is 480 g/mol. The smallest absolute Gasteiger partial charge is 0.316 e. The Labute approximate surface area is 213 Å². The molecule has 5 aliphatic carbocycles. The molecule has 0 aromatic rings. The molecule has 3 heteroatoms. The van der Waals surface area contributed by atoms with E-state index in [2.05, 4.69) is 61.5 Å².